The Balaban J connectivity index is -0.000000200. The number of likely N-dealkylation sites (N-methyl/N-ethyl adjacent to an activating group) is 1. The maximum Gasteiger partial charge on any atom is 0.313 e. The number of carbonyl (C=O) groups is 2. The van der Waals surface area contributed by atoms with Gasteiger partial charge < -0.3 is 27.1 Å². The fourth-order valence-corrected chi connectivity index (χ4v) is 0.474. The second-order valence-electron chi connectivity index (χ2n) is 4.41. The smallest absolute Gasteiger partial charge is 0.313 e. The number of nitrogens with zero attached hydrogens (tertiary/aromatic N) is 1. The predicted octanol–water partition coefficient (Wildman–Crippen LogP) is -3.01. The van der Waals surface area contributed by atoms with Crippen LogP contribution >= 0.6 is 0 Å². The van der Waals surface area contributed by atoms with Gasteiger partial charge in [-0.25, -0.2) is 0 Å². The van der Waals surface area contributed by atoms with E-state index < -0.39 is 11.9 Å². The second kappa shape index (κ2) is 9.57. The van der Waals surface area contributed by atoms with E-state index in [-0.39, 0.29) is 24.8 Å². The largest absolute Gasteiger partial charge is 1.00 e. The van der Waals surface area contributed by atoms with Gasteiger partial charge in [0, 0.05) is 0 Å². The molecular weight excluding hydrogens is 234 g/mol. The number of carboxylic acid groups (broad SMARTS) is 1. The van der Waals surface area contributed by atoms with Crippen LogP contribution in [-0.4, -0.2) is 60.7 Å². The topological polar surface area (TPSA) is 74.6 Å². The van der Waals surface area contributed by atoms with Crippen LogP contribution in [0.2, 0.25) is 0 Å². The third-order valence-electron chi connectivity index (χ3n) is 1.75. The number of aliphatic carboxylic acids is 1. The Morgan fingerprint density at radius 2 is 1.62 bits per heavy atom. The zero-order chi connectivity index (χ0) is 12.6. The van der Waals surface area contributed by atoms with Crippen LogP contribution in [0.5, 0.6) is 0 Å². The number of aliphatic hydroxyl groups excluding tert-OH is 1. The van der Waals surface area contributed by atoms with Crippen molar-refractivity contribution < 1.29 is 36.7 Å². The summed E-state index contributed by atoms with van der Waals surface area (Å²) in [5.41, 5.74) is 0. The molecule has 0 aromatic heterocycles. The van der Waals surface area contributed by atoms with E-state index in [0.717, 1.165) is 11.0 Å². The summed E-state index contributed by atoms with van der Waals surface area (Å²) in [5, 5.41) is 16.5. The van der Waals surface area contributed by atoms with Gasteiger partial charge in [-0.05, 0) is 13.8 Å². The molecule has 0 aliphatic carbocycles. The van der Waals surface area contributed by atoms with E-state index in [4.69, 9.17) is 10.2 Å². The Labute approximate surface area is 103 Å². The summed E-state index contributed by atoms with van der Waals surface area (Å²) in [6, 6.07) is 0. The highest BCUT2D eigenvalue weighted by Gasteiger charge is 2.14. The van der Waals surface area contributed by atoms with Crippen molar-refractivity contribution in [2.45, 2.75) is 13.8 Å². The predicted molar refractivity (Wildman–Crippen MR) is 57.5 cm³/mol. The number of quaternary nitrogens is 1. The van der Waals surface area contributed by atoms with E-state index in [1.807, 2.05) is 0 Å². The molecule has 1 atom stereocenters. The highest BCUT2D eigenvalue weighted by Crippen LogP contribution is 1.93. The molecule has 0 fully saturated rings. The molecule has 0 aliphatic heterocycles. The molecule has 16 heavy (non-hydrogen) atoms. The number of aliphatic hydroxyl groups is 1. The van der Waals surface area contributed by atoms with Crippen LogP contribution in [0.15, 0.2) is 0 Å². The molecule has 0 rings (SSSR count). The second-order valence-corrected chi connectivity index (χ2v) is 4.41. The Bertz CT molecular complexity index is 199. The van der Waals surface area contributed by atoms with E-state index >= 15 is 0 Å². The number of hydrogen-bond acceptors (Lipinski definition) is 3. The van der Waals surface area contributed by atoms with Gasteiger partial charge >= 0.3 is 5.97 Å². The maximum atomic E-state index is 10.2. The van der Waals surface area contributed by atoms with Gasteiger partial charge in [0.2, 0.25) is 0 Å². The quantitative estimate of drug-likeness (QED) is 0.414. The average Bonchev–Trinajstić information content (AvgIpc) is 2.01. The minimum absolute atomic E-state index is 0. The van der Waals surface area contributed by atoms with Gasteiger partial charge in [-0.1, -0.05) is 0 Å². The lowest BCUT2D eigenvalue weighted by atomic mass is 10.1. The van der Waals surface area contributed by atoms with Crippen LogP contribution in [0.1, 0.15) is 13.8 Å². The third kappa shape index (κ3) is 15.8. The van der Waals surface area contributed by atoms with Gasteiger partial charge in [-0.15, -0.1) is 0 Å². The van der Waals surface area contributed by atoms with Crippen molar-refractivity contribution in [1.82, 2.24) is 0 Å². The SMILES string of the molecule is CC(=O)C(C)C(=O)O.C[N+](C)(C)CCO.[Cl-]. The lowest BCUT2D eigenvalue weighted by molar-refractivity contribution is -0.870. The van der Waals surface area contributed by atoms with Gasteiger partial charge in [0.05, 0.1) is 27.7 Å². The first kappa shape index (κ1) is 20.7. The van der Waals surface area contributed by atoms with Crippen LogP contribution in [0.25, 0.3) is 0 Å². The highest BCUT2D eigenvalue weighted by atomic mass is 35.5. The Hall–Kier alpha value is -0.650. The van der Waals surface area contributed by atoms with Crippen LogP contribution in [-0.2, 0) is 9.59 Å². The van der Waals surface area contributed by atoms with Crippen molar-refractivity contribution in [3.8, 4) is 0 Å². The molecule has 0 aromatic rings. The van der Waals surface area contributed by atoms with Crippen molar-refractivity contribution in [2.24, 2.45) is 5.92 Å². The molecule has 98 valence electrons. The van der Waals surface area contributed by atoms with E-state index in [1.165, 1.54) is 13.8 Å². The molecule has 0 saturated heterocycles. The van der Waals surface area contributed by atoms with Crippen LogP contribution in [0.3, 0.4) is 0 Å². The fraction of sp³-hybridized carbons (Fsp3) is 0.800. The molecule has 0 saturated carbocycles. The zero-order valence-corrected chi connectivity index (χ0v) is 11.3. The molecule has 0 bridgehead atoms. The van der Waals surface area contributed by atoms with Crippen molar-refractivity contribution in [2.75, 3.05) is 34.3 Å². The van der Waals surface area contributed by atoms with Crippen molar-refractivity contribution in [1.29, 1.82) is 0 Å². The van der Waals surface area contributed by atoms with E-state index in [0.29, 0.717) is 0 Å². The monoisotopic (exact) mass is 255 g/mol. The van der Waals surface area contributed by atoms with Gasteiger partial charge in [0.15, 0.2) is 0 Å². The number of carboxylic acids is 1. The van der Waals surface area contributed by atoms with Gasteiger partial charge in [-0.3, -0.25) is 9.59 Å². The number of Topliss-reactive ketones (excluding diaryl/α,β-unsaturated/α-hetero) is 1. The first-order chi connectivity index (χ1) is 6.61. The number of carbonyl (C=O) groups excluding carboxylic acids is 1. The molecule has 6 heteroatoms. The summed E-state index contributed by atoms with van der Waals surface area (Å²) < 4.78 is 0.844. The Morgan fingerprint density at radius 3 is 1.62 bits per heavy atom. The summed E-state index contributed by atoms with van der Waals surface area (Å²) in [6.45, 7) is 3.74. The molecule has 0 spiro atoms. The van der Waals surface area contributed by atoms with Crippen LogP contribution in [0.4, 0.5) is 0 Å². The zero-order valence-electron chi connectivity index (χ0n) is 10.5. The normalized spacial score (nSPS) is 11.6. The number of halogens is 1. The number of ketones is 1. The highest BCUT2D eigenvalue weighted by molar-refractivity contribution is 5.96. The molecule has 0 amide bonds. The molecule has 0 aromatic carbocycles. The van der Waals surface area contributed by atoms with Gasteiger partial charge in [0.1, 0.15) is 18.2 Å². The molecule has 0 radical (unpaired) electrons. The standard InChI is InChI=1S/C5H14NO.C5H8O3.ClH/c1-6(2,3)4-5-7;1-3(4(2)6)5(7)8;/h7H,4-5H2,1-3H3;3H,1-2H3,(H,7,8);1H/q+1;;/p-1. The molecule has 0 heterocycles. The lowest BCUT2D eigenvalue weighted by Crippen LogP contribution is -3.00. The summed E-state index contributed by atoms with van der Waals surface area (Å²) >= 11 is 0. The minimum atomic E-state index is -1.06. The van der Waals surface area contributed by atoms with Gasteiger partial charge in [-0.2, -0.15) is 0 Å². The van der Waals surface area contributed by atoms with Crippen molar-refractivity contribution >= 4 is 11.8 Å². The molecule has 1 unspecified atom stereocenters. The third-order valence-corrected chi connectivity index (χ3v) is 1.75. The van der Waals surface area contributed by atoms with Crippen molar-refractivity contribution in [3.63, 3.8) is 0 Å². The summed E-state index contributed by atoms with van der Waals surface area (Å²) in [6.07, 6.45) is 0. The molecule has 5 nitrogen and oxygen atoms in total. The lowest BCUT2D eigenvalue weighted by Gasteiger charge is -2.21. The molecular formula is C10H22ClNO4. The van der Waals surface area contributed by atoms with Crippen molar-refractivity contribution in [3.05, 3.63) is 0 Å². The molecule has 0 aliphatic rings. The van der Waals surface area contributed by atoms with Crippen LogP contribution < -0.4 is 12.4 Å². The van der Waals surface area contributed by atoms with Crippen LogP contribution in [0, 0.1) is 5.92 Å². The summed E-state index contributed by atoms with van der Waals surface area (Å²) in [7, 11) is 6.16. The van der Waals surface area contributed by atoms with Gasteiger partial charge in [0.25, 0.3) is 0 Å². The Kier molecular flexibility index (Phi) is 12.4. The van der Waals surface area contributed by atoms with E-state index in [2.05, 4.69) is 21.1 Å². The Morgan fingerprint density at radius 1 is 1.25 bits per heavy atom. The number of rotatable bonds is 4. The van der Waals surface area contributed by atoms with E-state index in [1.54, 1.807) is 0 Å². The number of hydrogen-bond donors (Lipinski definition) is 2. The summed E-state index contributed by atoms with van der Waals surface area (Å²) in [5.74, 6) is -2.22. The first-order valence-corrected chi connectivity index (χ1v) is 4.76. The minimum Gasteiger partial charge on any atom is -1.00 e. The molecule has 2 N–H and O–H groups in total. The maximum absolute atomic E-state index is 10.2. The average molecular weight is 256 g/mol. The summed E-state index contributed by atoms with van der Waals surface area (Å²) in [4.78, 5) is 20.1. The van der Waals surface area contributed by atoms with E-state index in [9.17, 15) is 9.59 Å². The first-order valence-electron chi connectivity index (χ1n) is 4.76. The fourth-order valence-electron chi connectivity index (χ4n) is 0.474.